The Balaban J connectivity index is 2.07. The normalized spacial score (nSPS) is 10.2. The molecule has 0 spiro atoms. The van der Waals surface area contributed by atoms with Crippen LogP contribution in [0.15, 0.2) is 29.4 Å². The van der Waals surface area contributed by atoms with Gasteiger partial charge in [-0.1, -0.05) is 36.6 Å². The lowest BCUT2D eigenvalue weighted by molar-refractivity contribution is 0.779. The Morgan fingerprint density at radius 3 is 2.92 bits per heavy atom. The number of hydrogen-bond donors (Lipinski definition) is 0. The van der Waals surface area contributed by atoms with Crippen molar-refractivity contribution in [3.63, 3.8) is 0 Å². The molecule has 0 bridgehead atoms. The van der Waals surface area contributed by atoms with Crippen molar-refractivity contribution in [1.82, 2.24) is 4.98 Å². The summed E-state index contributed by atoms with van der Waals surface area (Å²) < 4.78 is 0. The topological polar surface area (TPSA) is 12.9 Å². The Morgan fingerprint density at radius 2 is 2.23 bits per heavy atom. The van der Waals surface area contributed by atoms with E-state index in [0.717, 1.165) is 5.03 Å². The van der Waals surface area contributed by atoms with Gasteiger partial charge in [-0.25, -0.2) is 4.98 Å². The molecule has 0 atom stereocenters. The van der Waals surface area contributed by atoms with Crippen LogP contribution in [0.25, 0.3) is 0 Å². The number of unbranched alkanes of at least 4 members (excludes halogenated alkanes) is 2. The van der Waals surface area contributed by atoms with E-state index in [0.29, 0.717) is 0 Å². The molecule has 0 saturated heterocycles. The van der Waals surface area contributed by atoms with Crippen LogP contribution >= 0.6 is 21.6 Å². The smallest absolute Gasteiger partial charge is 0.106 e. The molecule has 1 aromatic heterocycles. The first-order chi connectivity index (χ1) is 6.43. The van der Waals surface area contributed by atoms with E-state index in [9.17, 15) is 0 Å². The van der Waals surface area contributed by atoms with Crippen molar-refractivity contribution in [2.24, 2.45) is 0 Å². The van der Waals surface area contributed by atoms with Crippen molar-refractivity contribution >= 4 is 21.6 Å². The van der Waals surface area contributed by atoms with Gasteiger partial charge in [0.15, 0.2) is 0 Å². The molecular weight excluding hydrogens is 198 g/mol. The molecule has 72 valence electrons. The Morgan fingerprint density at radius 1 is 1.31 bits per heavy atom. The Labute approximate surface area is 88.1 Å². The number of nitrogens with zero attached hydrogens (tertiary/aromatic N) is 1. The molecule has 0 saturated carbocycles. The molecule has 1 nitrogen and oxygen atoms in total. The monoisotopic (exact) mass is 213 g/mol. The van der Waals surface area contributed by atoms with E-state index in [4.69, 9.17) is 0 Å². The zero-order chi connectivity index (χ0) is 9.36. The van der Waals surface area contributed by atoms with Crippen molar-refractivity contribution < 1.29 is 0 Å². The third-order valence-electron chi connectivity index (χ3n) is 1.61. The summed E-state index contributed by atoms with van der Waals surface area (Å²) in [6.07, 6.45) is 5.81. The van der Waals surface area contributed by atoms with Crippen molar-refractivity contribution in [2.75, 3.05) is 5.75 Å². The van der Waals surface area contributed by atoms with Gasteiger partial charge in [-0.15, -0.1) is 0 Å². The SMILES string of the molecule is CCCCCSSc1ccccn1. The van der Waals surface area contributed by atoms with E-state index in [1.165, 1.54) is 25.0 Å². The highest BCUT2D eigenvalue weighted by molar-refractivity contribution is 8.76. The molecule has 1 heterocycles. The molecule has 13 heavy (non-hydrogen) atoms. The molecule has 3 heteroatoms. The maximum absolute atomic E-state index is 4.24. The Hall–Kier alpha value is -0.150. The molecule has 0 unspecified atom stereocenters. The predicted octanol–water partition coefficient (Wildman–Crippen LogP) is 4.01. The van der Waals surface area contributed by atoms with Gasteiger partial charge in [-0.3, -0.25) is 0 Å². The second-order valence-electron chi connectivity index (χ2n) is 2.78. The minimum absolute atomic E-state index is 1.11. The standard InChI is InChI=1S/C10H15NS2/c1-2-3-6-9-12-13-10-7-4-5-8-11-10/h4-5,7-8H,2-3,6,9H2,1H3. The maximum Gasteiger partial charge on any atom is 0.106 e. The van der Waals surface area contributed by atoms with Crippen LogP contribution in [0.3, 0.4) is 0 Å². The lowest BCUT2D eigenvalue weighted by atomic mass is 10.3. The number of aromatic nitrogens is 1. The number of hydrogen-bond acceptors (Lipinski definition) is 3. The summed E-state index contributed by atoms with van der Waals surface area (Å²) in [5.41, 5.74) is 0. The summed E-state index contributed by atoms with van der Waals surface area (Å²) in [7, 11) is 3.68. The fraction of sp³-hybridized carbons (Fsp3) is 0.500. The van der Waals surface area contributed by atoms with Crippen molar-refractivity contribution in [2.45, 2.75) is 31.2 Å². The van der Waals surface area contributed by atoms with Gasteiger partial charge < -0.3 is 0 Å². The third-order valence-corrected chi connectivity index (χ3v) is 3.96. The summed E-state index contributed by atoms with van der Waals surface area (Å²) in [5.74, 6) is 1.23. The molecule has 0 aliphatic rings. The van der Waals surface area contributed by atoms with Gasteiger partial charge in [0.2, 0.25) is 0 Å². The highest BCUT2D eigenvalue weighted by atomic mass is 33.1. The zero-order valence-corrected chi connectivity index (χ0v) is 9.53. The molecule has 0 aliphatic heterocycles. The summed E-state index contributed by atoms with van der Waals surface area (Å²) >= 11 is 0. The van der Waals surface area contributed by atoms with E-state index < -0.39 is 0 Å². The Kier molecular flexibility index (Phi) is 6.11. The Bertz CT molecular complexity index is 213. The quantitative estimate of drug-likeness (QED) is 0.523. The van der Waals surface area contributed by atoms with E-state index in [2.05, 4.69) is 18.0 Å². The molecule has 0 aromatic carbocycles. The summed E-state index contributed by atoms with van der Waals surface area (Å²) in [4.78, 5) is 4.24. The van der Waals surface area contributed by atoms with Crippen LogP contribution in [0.5, 0.6) is 0 Å². The van der Waals surface area contributed by atoms with Gasteiger partial charge in [0.05, 0.1) is 0 Å². The van der Waals surface area contributed by atoms with Crippen molar-refractivity contribution in [1.29, 1.82) is 0 Å². The predicted molar refractivity (Wildman–Crippen MR) is 62.1 cm³/mol. The lowest BCUT2D eigenvalue weighted by Crippen LogP contribution is -1.77. The van der Waals surface area contributed by atoms with Gasteiger partial charge in [-0.05, 0) is 29.3 Å². The third kappa shape index (κ3) is 5.21. The largest absolute Gasteiger partial charge is 0.249 e. The molecule has 0 radical (unpaired) electrons. The second kappa shape index (κ2) is 7.27. The van der Waals surface area contributed by atoms with E-state index in [-0.39, 0.29) is 0 Å². The van der Waals surface area contributed by atoms with Crippen LogP contribution in [0.1, 0.15) is 26.2 Å². The van der Waals surface area contributed by atoms with Crippen LogP contribution in [0.4, 0.5) is 0 Å². The summed E-state index contributed by atoms with van der Waals surface area (Å²) in [6, 6.07) is 6.03. The number of rotatable bonds is 6. The first kappa shape index (κ1) is 10.9. The lowest BCUT2D eigenvalue weighted by Gasteiger charge is -1.98. The van der Waals surface area contributed by atoms with Crippen LogP contribution in [0, 0.1) is 0 Å². The van der Waals surface area contributed by atoms with E-state index in [1.54, 1.807) is 10.8 Å². The van der Waals surface area contributed by atoms with Gasteiger partial charge in [0, 0.05) is 11.9 Å². The summed E-state index contributed by atoms with van der Waals surface area (Å²) in [5, 5.41) is 1.11. The minimum Gasteiger partial charge on any atom is -0.249 e. The van der Waals surface area contributed by atoms with Crippen LogP contribution in [-0.2, 0) is 0 Å². The van der Waals surface area contributed by atoms with Gasteiger partial charge >= 0.3 is 0 Å². The molecule has 0 aliphatic carbocycles. The molecule has 0 amide bonds. The zero-order valence-electron chi connectivity index (χ0n) is 7.90. The average molecular weight is 213 g/mol. The van der Waals surface area contributed by atoms with Crippen LogP contribution < -0.4 is 0 Å². The van der Waals surface area contributed by atoms with E-state index in [1.807, 2.05) is 29.1 Å². The second-order valence-corrected chi connectivity index (χ2v) is 5.22. The summed E-state index contributed by atoms with van der Waals surface area (Å²) in [6.45, 7) is 2.23. The molecule has 0 fully saturated rings. The minimum atomic E-state index is 1.11. The van der Waals surface area contributed by atoms with Gasteiger partial charge in [0.1, 0.15) is 5.03 Å². The maximum atomic E-state index is 4.24. The molecule has 1 aromatic rings. The average Bonchev–Trinajstić information content (AvgIpc) is 2.19. The molecule has 1 rings (SSSR count). The van der Waals surface area contributed by atoms with Crippen molar-refractivity contribution in [3.8, 4) is 0 Å². The van der Waals surface area contributed by atoms with Crippen LogP contribution in [-0.4, -0.2) is 10.7 Å². The fourth-order valence-electron chi connectivity index (χ4n) is 0.909. The van der Waals surface area contributed by atoms with Gasteiger partial charge in [0.25, 0.3) is 0 Å². The van der Waals surface area contributed by atoms with Crippen molar-refractivity contribution in [3.05, 3.63) is 24.4 Å². The highest BCUT2D eigenvalue weighted by Gasteiger charge is 1.93. The molecule has 0 N–H and O–H groups in total. The fourth-order valence-corrected chi connectivity index (χ4v) is 2.94. The number of pyridine rings is 1. The van der Waals surface area contributed by atoms with Gasteiger partial charge in [-0.2, -0.15) is 0 Å². The highest BCUT2D eigenvalue weighted by Crippen LogP contribution is 2.29. The molecular formula is C10H15NS2. The van der Waals surface area contributed by atoms with Crippen LogP contribution in [0.2, 0.25) is 0 Å². The van der Waals surface area contributed by atoms with E-state index >= 15 is 0 Å². The first-order valence-electron chi connectivity index (χ1n) is 4.64. The first-order valence-corrected chi connectivity index (χ1v) is 6.96.